The summed E-state index contributed by atoms with van der Waals surface area (Å²) < 4.78 is 5.52. The second-order valence-corrected chi connectivity index (χ2v) is 5.81. The molecule has 1 saturated carbocycles. The number of halogens is 2. The molecule has 0 bridgehead atoms. The van der Waals surface area contributed by atoms with E-state index in [0.717, 1.165) is 31.2 Å². The molecule has 4 nitrogen and oxygen atoms in total. The molecule has 1 aliphatic carbocycles. The van der Waals surface area contributed by atoms with Crippen LogP contribution in [-0.4, -0.2) is 24.6 Å². The van der Waals surface area contributed by atoms with Gasteiger partial charge in [-0.1, -0.05) is 11.6 Å². The molecule has 2 rings (SSSR count). The van der Waals surface area contributed by atoms with Crippen molar-refractivity contribution in [2.75, 3.05) is 6.61 Å². The first-order valence-corrected chi connectivity index (χ1v) is 7.36. The predicted molar refractivity (Wildman–Crippen MR) is 87.3 cm³/mol. The quantitative estimate of drug-likeness (QED) is 0.891. The first-order valence-electron chi connectivity index (χ1n) is 6.98. The van der Waals surface area contributed by atoms with Gasteiger partial charge >= 0.3 is 0 Å². The number of rotatable bonds is 4. The number of ether oxygens (including phenoxy) is 1. The van der Waals surface area contributed by atoms with E-state index in [0.29, 0.717) is 10.8 Å². The Labute approximate surface area is 136 Å². The van der Waals surface area contributed by atoms with Crippen LogP contribution in [0, 0.1) is 6.92 Å². The van der Waals surface area contributed by atoms with Gasteiger partial charge in [0.1, 0.15) is 5.75 Å². The number of hydrogen-bond donors (Lipinski definition) is 2. The number of nitrogens with two attached hydrogens (primary N) is 1. The van der Waals surface area contributed by atoms with Crippen LogP contribution in [-0.2, 0) is 4.79 Å². The van der Waals surface area contributed by atoms with E-state index in [2.05, 4.69) is 5.32 Å². The van der Waals surface area contributed by atoms with Crippen LogP contribution in [0.25, 0.3) is 0 Å². The van der Waals surface area contributed by atoms with Gasteiger partial charge in [-0.05, 0) is 56.4 Å². The summed E-state index contributed by atoms with van der Waals surface area (Å²) in [4.78, 5) is 11.9. The molecule has 1 aromatic carbocycles. The Balaban J connectivity index is 0.00000220. The van der Waals surface area contributed by atoms with Gasteiger partial charge in [0, 0.05) is 17.1 Å². The summed E-state index contributed by atoms with van der Waals surface area (Å²) in [5, 5.41) is 3.66. The van der Waals surface area contributed by atoms with Crippen molar-refractivity contribution in [3.05, 3.63) is 28.8 Å². The van der Waals surface area contributed by atoms with Gasteiger partial charge in [-0.25, -0.2) is 0 Å². The van der Waals surface area contributed by atoms with E-state index in [9.17, 15) is 4.79 Å². The second kappa shape index (κ2) is 8.47. The highest BCUT2D eigenvalue weighted by atomic mass is 35.5. The van der Waals surface area contributed by atoms with Gasteiger partial charge in [0.2, 0.25) is 0 Å². The van der Waals surface area contributed by atoms with E-state index in [-0.39, 0.29) is 37.0 Å². The van der Waals surface area contributed by atoms with Crippen LogP contribution < -0.4 is 15.8 Å². The highest BCUT2D eigenvalue weighted by Crippen LogP contribution is 2.21. The average Bonchev–Trinajstić information content (AvgIpc) is 2.40. The fourth-order valence-corrected chi connectivity index (χ4v) is 2.68. The summed E-state index contributed by atoms with van der Waals surface area (Å²) in [7, 11) is 0. The van der Waals surface area contributed by atoms with Crippen LogP contribution in [0.3, 0.4) is 0 Å². The van der Waals surface area contributed by atoms with Crippen molar-refractivity contribution in [1.29, 1.82) is 0 Å². The van der Waals surface area contributed by atoms with Gasteiger partial charge in [-0.15, -0.1) is 12.4 Å². The lowest BCUT2D eigenvalue weighted by atomic mass is 9.92. The lowest BCUT2D eigenvalue weighted by Crippen LogP contribution is -2.42. The number of hydrogen-bond acceptors (Lipinski definition) is 3. The van der Waals surface area contributed by atoms with Gasteiger partial charge in [-0.3, -0.25) is 4.79 Å². The molecular weight excluding hydrogens is 311 g/mol. The van der Waals surface area contributed by atoms with Gasteiger partial charge in [0.05, 0.1) is 0 Å². The molecule has 3 N–H and O–H groups in total. The van der Waals surface area contributed by atoms with Crippen molar-refractivity contribution < 1.29 is 9.53 Å². The molecular formula is C15H22Cl2N2O2. The normalized spacial score (nSPS) is 21.3. The molecule has 0 radical (unpaired) electrons. The van der Waals surface area contributed by atoms with Crippen LogP contribution in [0.2, 0.25) is 5.02 Å². The Morgan fingerprint density at radius 2 is 2.05 bits per heavy atom. The van der Waals surface area contributed by atoms with Crippen LogP contribution in [0.4, 0.5) is 0 Å². The second-order valence-electron chi connectivity index (χ2n) is 5.38. The van der Waals surface area contributed by atoms with Gasteiger partial charge in [-0.2, -0.15) is 0 Å². The molecule has 21 heavy (non-hydrogen) atoms. The summed E-state index contributed by atoms with van der Waals surface area (Å²) in [5.74, 6) is 0.607. The lowest BCUT2D eigenvalue weighted by molar-refractivity contribution is -0.124. The zero-order chi connectivity index (χ0) is 14.5. The Kier molecular flexibility index (Phi) is 7.29. The first-order chi connectivity index (χ1) is 9.54. The molecule has 0 heterocycles. The third-order valence-electron chi connectivity index (χ3n) is 3.63. The minimum absolute atomic E-state index is 0. The van der Waals surface area contributed by atoms with E-state index < -0.39 is 0 Å². The predicted octanol–water partition coefficient (Wildman–Crippen LogP) is 2.84. The number of carbonyl (C=O) groups is 1. The SMILES string of the molecule is Cc1cc(Cl)ccc1OCC(=O)NC1CCC(N)CC1.Cl. The largest absolute Gasteiger partial charge is 0.484 e. The first kappa shape index (κ1) is 18.1. The summed E-state index contributed by atoms with van der Waals surface area (Å²) in [6, 6.07) is 5.87. The molecule has 1 aliphatic rings. The number of benzene rings is 1. The van der Waals surface area contributed by atoms with Crippen molar-refractivity contribution in [3.8, 4) is 5.75 Å². The molecule has 6 heteroatoms. The van der Waals surface area contributed by atoms with Crippen molar-refractivity contribution >= 4 is 29.9 Å². The highest BCUT2D eigenvalue weighted by molar-refractivity contribution is 6.30. The fraction of sp³-hybridized carbons (Fsp3) is 0.533. The molecule has 1 amide bonds. The Hall–Kier alpha value is -0.970. The number of aryl methyl sites for hydroxylation is 1. The molecule has 0 aromatic heterocycles. The Morgan fingerprint density at radius 1 is 1.38 bits per heavy atom. The Bertz CT molecular complexity index is 475. The van der Waals surface area contributed by atoms with Crippen LogP contribution in [0.1, 0.15) is 31.2 Å². The van der Waals surface area contributed by atoms with Crippen molar-refractivity contribution in [2.45, 2.75) is 44.7 Å². The average molecular weight is 333 g/mol. The van der Waals surface area contributed by atoms with E-state index in [1.165, 1.54) is 0 Å². The van der Waals surface area contributed by atoms with E-state index >= 15 is 0 Å². The summed E-state index contributed by atoms with van der Waals surface area (Å²) in [6.07, 6.45) is 3.85. The monoisotopic (exact) mass is 332 g/mol. The maximum absolute atomic E-state index is 11.9. The summed E-state index contributed by atoms with van der Waals surface area (Å²) in [6.45, 7) is 1.94. The molecule has 0 spiro atoms. The van der Waals surface area contributed by atoms with E-state index in [1.54, 1.807) is 12.1 Å². The number of nitrogens with one attached hydrogen (secondary N) is 1. The van der Waals surface area contributed by atoms with Crippen molar-refractivity contribution in [2.24, 2.45) is 5.73 Å². The molecule has 118 valence electrons. The molecule has 0 unspecified atom stereocenters. The smallest absolute Gasteiger partial charge is 0.258 e. The third-order valence-corrected chi connectivity index (χ3v) is 3.87. The zero-order valence-corrected chi connectivity index (χ0v) is 13.7. The minimum atomic E-state index is -0.0835. The summed E-state index contributed by atoms with van der Waals surface area (Å²) >= 11 is 5.88. The number of amides is 1. The van der Waals surface area contributed by atoms with Gasteiger partial charge in [0.25, 0.3) is 5.91 Å². The van der Waals surface area contributed by atoms with Gasteiger partial charge < -0.3 is 15.8 Å². The standard InChI is InChI=1S/C15H21ClN2O2.ClH/c1-10-8-11(16)2-7-14(10)20-9-15(19)18-13-5-3-12(17)4-6-13;/h2,7-8,12-13H,3-6,9,17H2,1H3,(H,18,19);1H. The van der Waals surface area contributed by atoms with E-state index in [4.69, 9.17) is 22.1 Å². The molecule has 0 saturated heterocycles. The molecule has 1 fully saturated rings. The molecule has 0 atom stereocenters. The minimum Gasteiger partial charge on any atom is -0.484 e. The van der Waals surface area contributed by atoms with Crippen LogP contribution in [0.15, 0.2) is 18.2 Å². The zero-order valence-electron chi connectivity index (χ0n) is 12.1. The topological polar surface area (TPSA) is 64.3 Å². The lowest BCUT2D eigenvalue weighted by Gasteiger charge is -2.26. The molecule has 1 aromatic rings. The molecule has 0 aliphatic heterocycles. The number of carbonyl (C=O) groups excluding carboxylic acids is 1. The maximum atomic E-state index is 11.9. The third kappa shape index (κ3) is 5.73. The Morgan fingerprint density at radius 3 is 2.67 bits per heavy atom. The van der Waals surface area contributed by atoms with Gasteiger partial charge in [0.15, 0.2) is 6.61 Å². The van der Waals surface area contributed by atoms with Crippen molar-refractivity contribution in [1.82, 2.24) is 5.32 Å². The van der Waals surface area contributed by atoms with E-state index in [1.807, 2.05) is 13.0 Å². The maximum Gasteiger partial charge on any atom is 0.258 e. The summed E-state index contributed by atoms with van der Waals surface area (Å²) in [5.41, 5.74) is 6.77. The van der Waals surface area contributed by atoms with Crippen molar-refractivity contribution in [3.63, 3.8) is 0 Å². The highest BCUT2D eigenvalue weighted by Gasteiger charge is 2.20. The fourth-order valence-electron chi connectivity index (χ4n) is 2.45. The van der Waals surface area contributed by atoms with Crippen LogP contribution >= 0.6 is 24.0 Å². The van der Waals surface area contributed by atoms with Crippen LogP contribution in [0.5, 0.6) is 5.75 Å².